The molecule has 1 N–H and O–H groups in total. The van der Waals surface area contributed by atoms with Crippen LogP contribution in [0.4, 0.5) is 0 Å². The molecule has 0 bridgehead atoms. The van der Waals surface area contributed by atoms with Gasteiger partial charge in [0.05, 0.1) is 19.5 Å². The molecule has 7 heteroatoms. The highest BCUT2D eigenvalue weighted by Gasteiger charge is 2.26. The summed E-state index contributed by atoms with van der Waals surface area (Å²) >= 11 is 0. The Bertz CT molecular complexity index is 733. The first-order chi connectivity index (χ1) is 13.1. The molecule has 144 valence electrons. The molecule has 0 spiro atoms. The lowest BCUT2D eigenvalue weighted by atomic mass is 9.93. The van der Waals surface area contributed by atoms with E-state index in [1.54, 1.807) is 20.2 Å². The molecular formula is C20H25N3O4. The minimum atomic E-state index is -0.534. The fourth-order valence-corrected chi connectivity index (χ4v) is 3.06. The normalized spacial score (nSPS) is 20.4. The number of ether oxygens (including phenoxy) is 3. The number of rotatable bonds is 7. The monoisotopic (exact) mass is 371 g/mol. The zero-order chi connectivity index (χ0) is 19.1. The number of nitrogens with one attached hydrogen (secondary N) is 1. The second-order valence-electron chi connectivity index (χ2n) is 6.57. The summed E-state index contributed by atoms with van der Waals surface area (Å²) in [7, 11) is 1.55. The summed E-state index contributed by atoms with van der Waals surface area (Å²) in [5.41, 5.74) is 0. The summed E-state index contributed by atoms with van der Waals surface area (Å²) in [6.45, 7) is 1.76. The fraction of sp³-hybridized carbons (Fsp3) is 0.450. The van der Waals surface area contributed by atoms with Gasteiger partial charge in [-0.3, -0.25) is 9.78 Å². The Hall–Kier alpha value is -2.83. The van der Waals surface area contributed by atoms with Gasteiger partial charge in [0.15, 0.2) is 6.10 Å². The first kappa shape index (κ1) is 18.9. The van der Waals surface area contributed by atoms with Crippen molar-refractivity contribution >= 4 is 5.91 Å². The Labute approximate surface area is 159 Å². The number of amides is 1. The summed E-state index contributed by atoms with van der Waals surface area (Å²) in [4.78, 5) is 20.6. The highest BCUT2D eigenvalue weighted by atomic mass is 16.5. The fourth-order valence-electron chi connectivity index (χ4n) is 3.06. The third-order valence-corrected chi connectivity index (χ3v) is 4.53. The van der Waals surface area contributed by atoms with Gasteiger partial charge in [-0.15, -0.1) is 0 Å². The second kappa shape index (κ2) is 9.21. The highest BCUT2D eigenvalue weighted by molar-refractivity contribution is 5.81. The van der Waals surface area contributed by atoms with Crippen molar-refractivity contribution in [2.75, 3.05) is 7.11 Å². The summed E-state index contributed by atoms with van der Waals surface area (Å²) in [6, 6.07) is 9.49. The molecule has 1 saturated carbocycles. The average molecular weight is 371 g/mol. The van der Waals surface area contributed by atoms with Gasteiger partial charge < -0.3 is 19.5 Å². The molecule has 0 aliphatic heterocycles. The molecule has 7 nitrogen and oxygen atoms in total. The lowest BCUT2D eigenvalue weighted by molar-refractivity contribution is -0.128. The molecule has 27 heavy (non-hydrogen) atoms. The summed E-state index contributed by atoms with van der Waals surface area (Å²) in [5.74, 6) is 1.49. The summed E-state index contributed by atoms with van der Waals surface area (Å²) in [5, 5.41) is 3.07. The van der Waals surface area contributed by atoms with Crippen LogP contribution in [-0.4, -0.2) is 41.2 Å². The SMILES string of the molecule is COc1cncc(OC2CCC(NC(=O)C(C)Oc3ccccc3)CC2)n1. The van der Waals surface area contributed by atoms with Crippen LogP contribution in [0.2, 0.25) is 0 Å². The average Bonchev–Trinajstić information content (AvgIpc) is 2.70. The van der Waals surface area contributed by atoms with Crippen LogP contribution < -0.4 is 19.5 Å². The molecule has 1 fully saturated rings. The van der Waals surface area contributed by atoms with Crippen LogP contribution in [0.3, 0.4) is 0 Å². The summed E-state index contributed by atoms with van der Waals surface area (Å²) in [6.07, 6.45) is 6.05. The predicted octanol–water partition coefficient (Wildman–Crippen LogP) is 2.76. The molecule has 0 saturated heterocycles. The molecule has 0 radical (unpaired) electrons. The molecule has 1 atom stereocenters. The van der Waals surface area contributed by atoms with Crippen LogP contribution in [0.25, 0.3) is 0 Å². The Balaban J connectivity index is 1.42. The maximum Gasteiger partial charge on any atom is 0.260 e. The van der Waals surface area contributed by atoms with Gasteiger partial charge in [0, 0.05) is 6.04 Å². The van der Waals surface area contributed by atoms with E-state index in [1.165, 1.54) is 6.20 Å². The van der Waals surface area contributed by atoms with Crippen molar-refractivity contribution in [2.45, 2.75) is 50.9 Å². The van der Waals surface area contributed by atoms with E-state index in [0.717, 1.165) is 25.7 Å². The molecule has 1 amide bonds. The molecular weight excluding hydrogens is 346 g/mol. The zero-order valence-corrected chi connectivity index (χ0v) is 15.6. The maximum atomic E-state index is 12.4. The number of benzene rings is 1. The molecule has 1 heterocycles. The standard InChI is InChI=1S/C20H25N3O4/c1-14(26-16-6-4-3-5-7-16)20(24)22-15-8-10-17(11-9-15)27-19-13-21-12-18(23-19)25-2/h3-7,12-15,17H,8-11H2,1-2H3,(H,22,24). The van der Waals surface area contributed by atoms with E-state index < -0.39 is 6.10 Å². The molecule has 2 aromatic rings. The van der Waals surface area contributed by atoms with E-state index in [0.29, 0.717) is 17.5 Å². The third kappa shape index (κ3) is 5.57. The van der Waals surface area contributed by atoms with Crippen molar-refractivity contribution < 1.29 is 19.0 Å². The van der Waals surface area contributed by atoms with E-state index in [2.05, 4.69) is 15.3 Å². The van der Waals surface area contributed by atoms with E-state index in [1.807, 2.05) is 30.3 Å². The zero-order valence-electron chi connectivity index (χ0n) is 15.6. The Morgan fingerprint density at radius 1 is 1.11 bits per heavy atom. The van der Waals surface area contributed by atoms with Crippen LogP contribution in [0.5, 0.6) is 17.5 Å². The van der Waals surface area contributed by atoms with Gasteiger partial charge in [-0.2, -0.15) is 4.98 Å². The van der Waals surface area contributed by atoms with Crippen molar-refractivity contribution in [3.8, 4) is 17.5 Å². The molecule has 1 unspecified atom stereocenters. The molecule has 3 rings (SSSR count). The minimum absolute atomic E-state index is 0.0672. The van der Waals surface area contributed by atoms with Gasteiger partial charge in [-0.05, 0) is 44.7 Å². The Kier molecular flexibility index (Phi) is 6.46. The van der Waals surface area contributed by atoms with E-state index in [-0.39, 0.29) is 18.1 Å². The predicted molar refractivity (Wildman–Crippen MR) is 99.9 cm³/mol. The van der Waals surface area contributed by atoms with Crippen LogP contribution in [0.1, 0.15) is 32.6 Å². The Morgan fingerprint density at radius 3 is 2.52 bits per heavy atom. The molecule has 1 aliphatic rings. The molecule has 1 aliphatic carbocycles. The van der Waals surface area contributed by atoms with E-state index in [4.69, 9.17) is 14.2 Å². The van der Waals surface area contributed by atoms with Gasteiger partial charge in [0.25, 0.3) is 5.91 Å². The van der Waals surface area contributed by atoms with Crippen LogP contribution in [-0.2, 0) is 4.79 Å². The second-order valence-corrected chi connectivity index (χ2v) is 6.57. The van der Waals surface area contributed by atoms with Crippen molar-refractivity contribution in [3.63, 3.8) is 0 Å². The first-order valence-electron chi connectivity index (χ1n) is 9.19. The number of methoxy groups -OCH3 is 1. The number of hydrogen-bond acceptors (Lipinski definition) is 6. The van der Waals surface area contributed by atoms with Gasteiger partial charge >= 0.3 is 0 Å². The summed E-state index contributed by atoms with van der Waals surface area (Å²) < 4.78 is 16.6. The van der Waals surface area contributed by atoms with Crippen LogP contribution in [0.15, 0.2) is 42.7 Å². The largest absolute Gasteiger partial charge is 0.481 e. The molecule has 1 aromatic carbocycles. The lowest BCUT2D eigenvalue weighted by Gasteiger charge is -2.29. The van der Waals surface area contributed by atoms with Gasteiger partial charge in [0.1, 0.15) is 11.9 Å². The van der Waals surface area contributed by atoms with E-state index in [9.17, 15) is 4.79 Å². The number of nitrogens with zero attached hydrogens (tertiary/aromatic N) is 2. The van der Waals surface area contributed by atoms with Gasteiger partial charge in [-0.25, -0.2) is 0 Å². The topological polar surface area (TPSA) is 82.6 Å². The third-order valence-electron chi connectivity index (χ3n) is 4.53. The number of para-hydroxylation sites is 1. The van der Waals surface area contributed by atoms with E-state index >= 15 is 0 Å². The number of carbonyl (C=O) groups excluding carboxylic acids is 1. The van der Waals surface area contributed by atoms with Crippen molar-refractivity contribution in [1.29, 1.82) is 0 Å². The quantitative estimate of drug-likeness (QED) is 0.806. The maximum absolute atomic E-state index is 12.4. The van der Waals surface area contributed by atoms with Gasteiger partial charge in [0.2, 0.25) is 11.8 Å². The number of carbonyl (C=O) groups is 1. The van der Waals surface area contributed by atoms with Crippen molar-refractivity contribution in [2.24, 2.45) is 0 Å². The molecule has 1 aromatic heterocycles. The van der Waals surface area contributed by atoms with Gasteiger partial charge in [-0.1, -0.05) is 18.2 Å². The minimum Gasteiger partial charge on any atom is -0.481 e. The van der Waals surface area contributed by atoms with Crippen LogP contribution >= 0.6 is 0 Å². The Morgan fingerprint density at radius 2 is 1.81 bits per heavy atom. The van der Waals surface area contributed by atoms with Crippen molar-refractivity contribution in [3.05, 3.63) is 42.7 Å². The number of aromatic nitrogens is 2. The lowest BCUT2D eigenvalue weighted by Crippen LogP contribution is -2.45. The highest BCUT2D eigenvalue weighted by Crippen LogP contribution is 2.23. The van der Waals surface area contributed by atoms with Crippen molar-refractivity contribution in [1.82, 2.24) is 15.3 Å². The number of hydrogen-bond donors (Lipinski definition) is 1. The smallest absolute Gasteiger partial charge is 0.260 e. The van der Waals surface area contributed by atoms with Crippen LogP contribution in [0, 0.1) is 0 Å². The first-order valence-corrected chi connectivity index (χ1v) is 9.19.